The number of carbonyl (C=O) groups excluding carboxylic acids is 1. The number of hydrogen-bond acceptors (Lipinski definition) is 4. The van der Waals surface area contributed by atoms with E-state index in [9.17, 15) is 4.79 Å². The molecule has 0 saturated carbocycles. The van der Waals surface area contributed by atoms with Crippen LogP contribution in [0.2, 0.25) is 0 Å². The number of hydrogen-bond donors (Lipinski definition) is 0. The molecule has 0 spiro atoms. The lowest BCUT2D eigenvalue weighted by Gasteiger charge is -2.02. The van der Waals surface area contributed by atoms with Gasteiger partial charge < -0.3 is 21.7 Å². The molecular weight excluding hydrogens is 428 g/mol. The third-order valence-corrected chi connectivity index (χ3v) is 3.96. The zero-order valence-corrected chi connectivity index (χ0v) is 15.7. The van der Waals surface area contributed by atoms with E-state index in [1.54, 1.807) is 40.6 Å². The average molecular weight is 442 g/mol. The second kappa shape index (κ2) is 7.18. The standard InChI is InChI=1S/C15H14BrN4O2.BrH/c1-19-15-12(16)7-20(8-13(15)17-18-19)9-14(21)10-3-5-11(22-2)6-4-10;/h3-8H,9H2,1-2H3;1H/q+1;/p-1. The second-order valence-electron chi connectivity index (χ2n) is 4.88. The summed E-state index contributed by atoms with van der Waals surface area (Å²) in [7, 11) is 3.42. The van der Waals surface area contributed by atoms with Gasteiger partial charge in [0.05, 0.1) is 7.11 Å². The van der Waals surface area contributed by atoms with Gasteiger partial charge in [-0.1, -0.05) is 5.21 Å². The van der Waals surface area contributed by atoms with Gasteiger partial charge in [-0.05, 0) is 40.2 Å². The number of benzene rings is 1. The Labute approximate surface area is 152 Å². The van der Waals surface area contributed by atoms with Crippen LogP contribution < -0.4 is 26.3 Å². The summed E-state index contributed by atoms with van der Waals surface area (Å²) in [5, 5.41) is 8.06. The summed E-state index contributed by atoms with van der Waals surface area (Å²) in [5.41, 5.74) is 2.27. The summed E-state index contributed by atoms with van der Waals surface area (Å²) in [4.78, 5) is 12.3. The lowest BCUT2D eigenvalue weighted by atomic mass is 10.1. The average Bonchev–Trinajstić information content (AvgIpc) is 2.89. The zero-order valence-electron chi connectivity index (χ0n) is 12.5. The Morgan fingerprint density at radius 2 is 2.00 bits per heavy atom. The SMILES string of the molecule is COc1ccc(C(=O)C[n+]2cc(Br)c3c(c2)nnn3C)cc1.[Br-]. The highest BCUT2D eigenvalue weighted by Crippen LogP contribution is 2.19. The first-order valence-corrected chi connectivity index (χ1v) is 7.43. The lowest BCUT2D eigenvalue weighted by molar-refractivity contribution is -0.682. The minimum Gasteiger partial charge on any atom is -1.00 e. The molecule has 1 aromatic carbocycles. The van der Waals surface area contributed by atoms with Gasteiger partial charge in [-0.2, -0.15) is 4.57 Å². The summed E-state index contributed by atoms with van der Waals surface area (Å²) in [6, 6.07) is 7.08. The molecule has 0 amide bonds. The van der Waals surface area contributed by atoms with Crippen molar-refractivity contribution in [3.05, 3.63) is 46.7 Å². The van der Waals surface area contributed by atoms with E-state index in [0.717, 1.165) is 21.3 Å². The number of pyridine rings is 1. The normalized spacial score (nSPS) is 10.4. The maximum absolute atomic E-state index is 12.3. The number of carbonyl (C=O) groups is 1. The van der Waals surface area contributed by atoms with Crippen LogP contribution in [-0.2, 0) is 13.6 Å². The van der Waals surface area contributed by atoms with Crippen molar-refractivity contribution in [1.29, 1.82) is 0 Å². The van der Waals surface area contributed by atoms with Crippen molar-refractivity contribution in [3.63, 3.8) is 0 Å². The van der Waals surface area contributed by atoms with Crippen LogP contribution in [0.5, 0.6) is 5.75 Å². The summed E-state index contributed by atoms with van der Waals surface area (Å²) < 4.78 is 9.43. The zero-order chi connectivity index (χ0) is 15.7. The fraction of sp³-hybridized carbons (Fsp3) is 0.200. The third-order valence-electron chi connectivity index (χ3n) is 3.38. The van der Waals surface area contributed by atoms with Crippen LogP contribution in [0.3, 0.4) is 0 Å². The lowest BCUT2D eigenvalue weighted by Crippen LogP contribution is -3.00. The molecule has 0 unspecified atom stereocenters. The molecule has 8 heteroatoms. The molecule has 0 aliphatic heterocycles. The van der Waals surface area contributed by atoms with Crippen LogP contribution in [0.1, 0.15) is 10.4 Å². The quantitative estimate of drug-likeness (QED) is 0.381. The predicted molar refractivity (Wildman–Crippen MR) is 83.7 cm³/mol. The Bertz CT molecular complexity index is 847. The Morgan fingerprint density at radius 3 is 2.65 bits per heavy atom. The highest BCUT2D eigenvalue weighted by molar-refractivity contribution is 9.10. The van der Waals surface area contributed by atoms with Crippen molar-refractivity contribution in [3.8, 4) is 5.75 Å². The Balaban J connectivity index is 0.00000192. The monoisotopic (exact) mass is 440 g/mol. The van der Waals surface area contributed by atoms with Gasteiger partial charge in [0.1, 0.15) is 15.7 Å². The van der Waals surface area contributed by atoms with Crippen LogP contribution in [0.4, 0.5) is 0 Å². The number of methoxy groups -OCH3 is 1. The number of aromatic nitrogens is 4. The molecule has 6 nitrogen and oxygen atoms in total. The molecule has 2 aromatic heterocycles. The maximum atomic E-state index is 12.3. The highest BCUT2D eigenvalue weighted by Gasteiger charge is 2.17. The number of ether oxygens (including phenoxy) is 1. The third kappa shape index (κ3) is 3.59. The van der Waals surface area contributed by atoms with E-state index in [4.69, 9.17) is 4.74 Å². The summed E-state index contributed by atoms with van der Waals surface area (Å²) in [6.45, 7) is 0.234. The Hall–Kier alpha value is -1.80. The Kier molecular flexibility index (Phi) is 5.48. The largest absolute Gasteiger partial charge is 1.00 e. The van der Waals surface area contributed by atoms with Gasteiger partial charge in [-0.15, -0.1) is 5.10 Å². The molecule has 3 rings (SSSR count). The number of Topliss-reactive ketones (excluding diaryl/α,β-unsaturated/α-hetero) is 1. The van der Waals surface area contributed by atoms with Crippen LogP contribution >= 0.6 is 15.9 Å². The van der Waals surface area contributed by atoms with E-state index >= 15 is 0 Å². The van der Waals surface area contributed by atoms with E-state index < -0.39 is 0 Å². The van der Waals surface area contributed by atoms with Crippen molar-refractivity contribution in [2.45, 2.75) is 6.54 Å². The molecule has 0 fully saturated rings. The summed E-state index contributed by atoms with van der Waals surface area (Å²) >= 11 is 3.49. The van der Waals surface area contributed by atoms with Gasteiger partial charge in [0.15, 0.2) is 17.9 Å². The first kappa shape index (κ1) is 17.6. The molecular formula is C15H14Br2N4O2. The minimum absolute atomic E-state index is 0. The number of halogens is 2. The van der Waals surface area contributed by atoms with Crippen LogP contribution in [-0.4, -0.2) is 27.9 Å². The van der Waals surface area contributed by atoms with E-state index in [1.807, 2.05) is 19.4 Å². The molecule has 23 heavy (non-hydrogen) atoms. The Morgan fingerprint density at radius 1 is 1.30 bits per heavy atom. The van der Waals surface area contributed by atoms with Gasteiger partial charge in [-0.25, -0.2) is 4.68 Å². The van der Waals surface area contributed by atoms with Crippen LogP contribution in [0.15, 0.2) is 41.1 Å². The predicted octanol–water partition coefficient (Wildman–Crippen LogP) is -1.09. The van der Waals surface area contributed by atoms with E-state index in [-0.39, 0.29) is 29.3 Å². The van der Waals surface area contributed by atoms with Crippen molar-refractivity contribution in [2.24, 2.45) is 7.05 Å². The second-order valence-corrected chi connectivity index (χ2v) is 5.73. The minimum atomic E-state index is 0. The maximum Gasteiger partial charge on any atom is 0.227 e. The summed E-state index contributed by atoms with van der Waals surface area (Å²) in [6.07, 6.45) is 3.67. The van der Waals surface area contributed by atoms with Crippen molar-refractivity contribution in [2.75, 3.05) is 7.11 Å². The van der Waals surface area contributed by atoms with Gasteiger partial charge in [0.2, 0.25) is 12.3 Å². The fourth-order valence-electron chi connectivity index (χ4n) is 2.26. The molecule has 120 valence electrons. The van der Waals surface area contributed by atoms with Crippen molar-refractivity contribution in [1.82, 2.24) is 15.0 Å². The fourth-order valence-corrected chi connectivity index (χ4v) is 2.99. The molecule has 0 aliphatic carbocycles. The van der Waals surface area contributed by atoms with Crippen LogP contribution in [0.25, 0.3) is 11.0 Å². The van der Waals surface area contributed by atoms with Gasteiger partial charge in [0.25, 0.3) is 0 Å². The smallest absolute Gasteiger partial charge is 0.227 e. The molecule has 3 aromatic rings. The molecule has 0 N–H and O–H groups in total. The first-order valence-electron chi connectivity index (χ1n) is 6.63. The van der Waals surface area contributed by atoms with Gasteiger partial charge in [-0.3, -0.25) is 4.79 Å². The molecule has 0 saturated heterocycles. The highest BCUT2D eigenvalue weighted by atomic mass is 79.9. The van der Waals surface area contributed by atoms with E-state index in [0.29, 0.717) is 5.56 Å². The molecule has 0 atom stereocenters. The van der Waals surface area contributed by atoms with E-state index in [1.165, 1.54) is 0 Å². The number of rotatable bonds is 4. The van der Waals surface area contributed by atoms with Crippen molar-refractivity contribution >= 4 is 32.7 Å². The van der Waals surface area contributed by atoms with Crippen LogP contribution in [0, 0.1) is 0 Å². The topological polar surface area (TPSA) is 60.9 Å². The number of fused-ring (bicyclic) bond motifs is 1. The van der Waals surface area contributed by atoms with Crippen molar-refractivity contribution < 1.29 is 31.1 Å². The number of nitrogens with zero attached hydrogens (tertiary/aromatic N) is 4. The number of ketones is 1. The summed E-state index contributed by atoms with van der Waals surface area (Å²) in [5.74, 6) is 0.746. The van der Waals surface area contributed by atoms with Gasteiger partial charge in [0, 0.05) is 12.6 Å². The molecule has 0 aliphatic rings. The first-order chi connectivity index (χ1) is 10.6. The van der Waals surface area contributed by atoms with E-state index in [2.05, 4.69) is 26.2 Å². The molecule has 0 radical (unpaired) electrons. The molecule has 2 heterocycles. The van der Waals surface area contributed by atoms with Gasteiger partial charge >= 0.3 is 0 Å². The molecule has 0 bridgehead atoms. The number of aryl methyl sites for hydroxylation is 1.